The predicted octanol–water partition coefficient (Wildman–Crippen LogP) is 2.16. The van der Waals surface area contributed by atoms with Crippen LogP contribution < -0.4 is 11.1 Å². The van der Waals surface area contributed by atoms with E-state index in [1.807, 2.05) is 6.92 Å². The lowest BCUT2D eigenvalue weighted by molar-refractivity contribution is 0.503. The Labute approximate surface area is 96.0 Å². The average molecular weight is 279 g/mol. The molecule has 0 aliphatic rings. The Hall–Kier alpha value is -0.520. The van der Waals surface area contributed by atoms with Crippen LogP contribution in [0.1, 0.15) is 12.5 Å². The molecule has 0 saturated heterocycles. The van der Waals surface area contributed by atoms with Gasteiger partial charge in [0.05, 0.1) is 0 Å². The van der Waals surface area contributed by atoms with Crippen LogP contribution in [0.3, 0.4) is 0 Å². The highest BCUT2D eigenvalue weighted by Crippen LogP contribution is 2.19. The third-order valence-electron chi connectivity index (χ3n) is 2.09. The van der Waals surface area contributed by atoms with Gasteiger partial charge in [-0.2, -0.15) is 0 Å². The number of nitrogens with one attached hydrogen (secondary N) is 1. The minimum absolute atomic E-state index is 0.0347. The van der Waals surface area contributed by atoms with Crippen molar-refractivity contribution in [1.29, 1.82) is 0 Å². The molecule has 1 atom stereocenters. The highest BCUT2D eigenvalue weighted by atomic mass is 79.9. The van der Waals surface area contributed by atoms with Gasteiger partial charge in [-0.1, -0.05) is 15.9 Å². The maximum Gasteiger partial charge on any atom is 0.131 e. The van der Waals surface area contributed by atoms with E-state index in [4.69, 9.17) is 5.73 Å². The molecule has 0 saturated carbocycles. The number of nitrogens with two attached hydrogens (primary N) is 1. The molecule has 5 heteroatoms. The van der Waals surface area contributed by atoms with Crippen molar-refractivity contribution in [3.63, 3.8) is 0 Å². The molecular formula is C10H13BrF2N2. The van der Waals surface area contributed by atoms with Crippen molar-refractivity contribution >= 4 is 15.9 Å². The number of hydrogen-bond donors (Lipinski definition) is 2. The van der Waals surface area contributed by atoms with Crippen LogP contribution in [0.4, 0.5) is 8.78 Å². The second-order valence-corrected chi connectivity index (χ2v) is 4.28. The summed E-state index contributed by atoms with van der Waals surface area (Å²) >= 11 is 3.02. The molecule has 0 radical (unpaired) electrons. The van der Waals surface area contributed by atoms with E-state index in [0.717, 1.165) is 0 Å². The fraction of sp³-hybridized carbons (Fsp3) is 0.400. The van der Waals surface area contributed by atoms with Gasteiger partial charge < -0.3 is 11.1 Å². The lowest BCUT2D eigenvalue weighted by atomic mass is 10.2. The summed E-state index contributed by atoms with van der Waals surface area (Å²) in [7, 11) is 0. The Bertz CT molecular complexity index is 321. The minimum Gasteiger partial charge on any atom is -0.329 e. The molecule has 0 bridgehead atoms. The van der Waals surface area contributed by atoms with E-state index < -0.39 is 11.6 Å². The summed E-state index contributed by atoms with van der Waals surface area (Å²) < 4.78 is 27.0. The molecule has 0 fully saturated rings. The standard InChI is InChI=1S/C10H13BrF2N2/c1-6(4-14)15-5-8-9(12)2-7(11)3-10(8)13/h2-3,6,15H,4-5,14H2,1H3/t6-/m0/s1. The van der Waals surface area contributed by atoms with Crippen molar-refractivity contribution < 1.29 is 8.78 Å². The van der Waals surface area contributed by atoms with Crippen LogP contribution in [0, 0.1) is 11.6 Å². The molecule has 0 heterocycles. The summed E-state index contributed by atoms with van der Waals surface area (Å²) in [4.78, 5) is 0. The fourth-order valence-electron chi connectivity index (χ4n) is 1.10. The van der Waals surface area contributed by atoms with E-state index in [0.29, 0.717) is 11.0 Å². The maximum atomic E-state index is 13.3. The molecule has 0 aliphatic heterocycles. The van der Waals surface area contributed by atoms with Crippen molar-refractivity contribution in [2.24, 2.45) is 5.73 Å². The van der Waals surface area contributed by atoms with Crippen LogP contribution in [0.25, 0.3) is 0 Å². The monoisotopic (exact) mass is 278 g/mol. The Morgan fingerprint density at radius 2 is 1.93 bits per heavy atom. The number of benzene rings is 1. The molecule has 0 spiro atoms. The summed E-state index contributed by atoms with van der Waals surface area (Å²) in [6.45, 7) is 2.43. The van der Waals surface area contributed by atoms with Gasteiger partial charge in [-0.15, -0.1) is 0 Å². The first kappa shape index (κ1) is 12.5. The van der Waals surface area contributed by atoms with Gasteiger partial charge in [0.15, 0.2) is 0 Å². The maximum absolute atomic E-state index is 13.3. The van der Waals surface area contributed by atoms with Crippen LogP contribution in [0.2, 0.25) is 0 Å². The third kappa shape index (κ3) is 3.52. The van der Waals surface area contributed by atoms with Crippen molar-refractivity contribution in [3.05, 3.63) is 33.8 Å². The second kappa shape index (κ2) is 5.53. The molecular weight excluding hydrogens is 266 g/mol. The lowest BCUT2D eigenvalue weighted by Crippen LogP contribution is -2.33. The van der Waals surface area contributed by atoms with Gasteiger partial charge in [0.1, 0.15) is 11.6 Å². The number of halogens is 3. The van der Waals surface area contributed by atoms with E-state index in [-0.39, 0.29) is 18.2 Å². The van der Waals surface area contributed by atoms with Crippen LogP contribution in [0.15, 0.2) is 16.6 Å². The zero-order valence-electron chi connectivity index (χ0n) is 8.36. The fourth-order valence-corrected chi connectivity index (χ4v) is 1.50. The molecule has 3 N–H and O–H groups in total. The Kier molecular flexibility index (Phi) is 4.63. The van der Waals surface area contributed by atoms with Gasteiger partial charge in [0, 0.05) is 29.2 Å². The van der Waals surface area contributed by atoms with Crippen LogP contribution in [0.5, 0.6) is 0 Å². The molecule has 1 aromatic rings. The first-order chi connectivity index (χ1) is 7.04. The van der Waals surface area contributed by atoms with E-state index >= 15 is 0 Å². The third-order valence-corrected chi connectivity index (χ3v) is 2.54. The van der Waals surface area contributed by atoms with Gasteiger partial charge in [-0.05, 0) is 19.1 Å². The highest BCUT2D eigenvalue weighted by Gasteiger charge is 2.10. The zero-order chi connectivity index (χ0) is 11.4. The molecule has 0 unspecified atom stereocenters. The van der Waals surface area contributed by atoms with E-state index in [1.54, 1.807) is 0 Å². The smallest absolute Gasteiger partial charge is 0.131 e. The van der Waals surface area contributed by atoms with E-state index in [9.17, 15) is 8.78 Å². The zero-order valence-corrected chi connectivity index (χ0v) is 9.94. The topological polar surface area (TPSA) is 38.0 Å². The van der Waals surface area contributed by atoms with Crippen molar-refractivity contribution in [1.82, 2.24) is 5.32 Å². The SMILES string of the molecule is C[C@@H](CN)NCc1c(F)cc(Br)cc1F. The number of hydrogen-bond acceptors (Lipinski definition) is 2. The molecule has 0 aliphatic carbocycles. The molecule has 84 valence electrons. The summed E-state index contributed by atoms with van der Waals surface area (Å²) in [5.41, 5.74) is 5.42. The van der Waals surface area contributed by atoms with Gasteiger partial charge in [-0.25, -0.2) is 8.78 Å². The summed E-state index contributed by atoms with van der Waals surface area (Å²) in [6.07, 6.45) is 0. The molecule has 2 nitrogen and oxygen atoms in total. The highest BCUT2D eigenvalue weighted by molar-refractivity contribution is 9.10. The largest absolute Gasteiger partial charge is 0.329 e. The Balaban J connectivity index is 2.77. The Morgan fingerprint density at radius 3 is 2.40 bits per heavy atom. The molecule has 1 rings (SSSR count). The van der Waals surface area contributed by atoms with Crippen LogP contribution >= 0.6 is 15.9 Å². The lowest BCUT2D eigenvalue weighted by Gasteiger charge is -2.12. The van der Waals surface area contributed by atoms with Crippen molar-refractivity contribution in [3.8, 4) is 0 Å². The summed E-state index contributed by atoms with van der Waals surface area (Å²) in [6, 6.07) is 2.52. The van der Waals surface area contributed by atoms with E-state index in [2.05, 4.69) is 21.2 Å². The Morgan fingerprint density at radius 1 is 1.40 bits per heavy atom. The summed E-state index contributed by atoms with van der Waals surface area (Å²) in [5, 5.41) is 2.93. The van der Waals surface area contributed by atoms with Gasteiger partial charge in [0.25, 0.3) is 0 Å². The summed E-state index contributed by atoms with van der Waals surface area (Å²) in [5.74, 6) is -1.11. The van der Waals surface area contributed by atoms with E-state index in [1.165, 1.54) is 12.1 Å². The van der Waals surface area contributed by atoms with Crippen molar-refractivity contribution in [2.75, 3.05) is 6.54 Å². The van der Waals surface area contributed by atoms with Crippen molar-refractivity contribution in [2.45, 2.75) is 19.5 Å². The average Bonchev–Trinajstić information content (AvgIpc) is 2.15. The second-order valence-electron chi connectivity index (χ2n) is 3.37. The van der Waals surface area contributed by atoms with Gasteiger partial charge >= 0.3 is 0 Å². The van der Waals surface area contributed by atoms with Crippen LogP contribution in [-0.4, -0.2) is 12.6 Å². The molecule has 1 aromatic carbocycles. The quantitative estimate of drug-likeness (QED) is 0.886. The van der Waals surface area contributed by atoms with Gasteiger partial charge in [-0.3, -0.25) is 0 Å². The minimum atomic E-state index is -0.557. The van der Waals surface area contributed by atoms with Gasteiger partial charge in [0.2, 0.25) is 0 Å². The predicted molar refractivity (Wildman–Crippen MR) is 59.4 cm³/mol. The normalized spacial score (nSPS) is 12.9. The molecule has 0 aromatic heterocycles. The van der Waals surface area contributed by atoms with Crippen LogP contribution in [-0.2, 0) is 6.54 Å². The first-order valence-corrected chi connectivity index (χ1v) is 5.40. The molecule has 15 heavy (non-hydrogen) atoms. The molecule has 0 amide bonds. The number of rotatable bonds is 4. The first-order valence-electron chi connectivity index (χ1n) is 4.61.